The fourth-order valence-corrected chi connectivity index (χ4v) is 2.63. The van der Waals surface area contributed by atoms with E-state index in [1.165, 1.54) is 0 Å². The Morgan fingerprint density at radius 1 is 0.857 bits per heavy atom. The van der Waals surface area contributed by atoms with Crippen molar-refractivity contribution in [1.29, 1.82) is 0 Å². The van der Waals surface area contributed by atoms with E-state index in [-0.39, 0.29) is 31.8 Å². The summed E-state index contributed by atoms with van der Waals surface area (Å²) >= 11 is 0. The fraction of sp³-hybridized carbons (Fsp3) is 0.318. The molecular formula is C22H25NO5. The molecule has 0 aromatic heterocycles. The van der Waals surface area contributed by atoms with Crippen LogP contribution in [0.5, 0.6) is 0 Å². The third-order valence-corrected chi connectivity index (χ3v) is 4.06. The van der Waals surface area contributed by atoms with Gasteiger partial charge in [-0.25, -0.2) is 4.79 Å². The molecule has 0 saturated heterocycles. The average molecular weight is 383 g/mol. The Morgan fingerprint density at radius 2 is 1.46 bits per heavy atom. The Hall–Kier alpha value is -3.15. The van der Waals surface area contributed by atoms with Crippen LogP contribution in [0.25, 0.3) is 0 Å². The highest BCUT2D eigenvalue weighted by Gasteiger charge is 2.22. The number of benzene rings is 2. The van der Waals surface area contributed by atoms with Gasteiger partial charge in [0.1, 0.15) is 6.61 Å². The molecule has 0 heterocycles. The van der Waals surface area contributed by atoms with Crippen LogP contribution in [0, 0.1) is 0 Å². The zero-order valence-electron chi connectivity index (χ0n) is 15.9. The van der Waals surface area contributed by atoms with E-state index in [4.69, 9.17) is 9.47 Å². The maximum absolute atomic E-state index is 12.6. The van der Waals surface area contributed by atoms with Gasteiger partial charge >= 0.3 is 12.1 Å². The van der Waals surface area contributed by atoms with Crippen LogP contribution in [-0.4, -0.2) is 30.5 Å². The summed E-state index contributed by atoms with van der Waals surface area (Å²) in [5.74, 6) is -0.672. The minimum Gasteiger partial charge on any atom is -0.466 e. The molecule has 0 aliphatic heterocycles. The number of nitrogens with one attached hydrogen (secondary N) is 1. The number of rotatable bonds is 10. The molecule has 0 fully saturated rings. The molecule has 0 aliphatic carbocycles. The van der Waals surface area contributed by atoms with Crippen LogP contribution in [0.2, 0.25) is 0 Å². The molecule has 28 heavy (non-hydrogen) atoms. The van der Waals surface area contributed by atoms with Gasteiger partial charge in [0, 0.05) is 6.42 Å². The van der Waals surface area contributed by atoms with Crippen molar-refractivity contribution < 1.29 is 23.9 Å². The van der Waals surface area contributed by atoms with Gasteiger partial charge in [0.05, 0.1) is 19.1 Å². The summed E-state index contributed by atoms with van der Waals surface area (Å²) in [5, 5.41) is 2.63. The number of amides is 1. The molecule has 6 nitrogen and oxygen atoms in total. The second kappa shape index (κ2) is 11.5. The molecule has 148 valence electrons. The first-order valence-corrected chi connectivity index (χ1v) is 9.28. The van der Waals surface area contributed by atoms with Crippen LogP contribution in [0.3, 0.4) is 0 Å². The number of hydrogen-bond acceptors (Lipinski definition) is 5. The Balaban J connectivity index is 1.95. The minimum atomic E-state index is -0.778. The number of hydrogen-bond donors (Lipinski definition) is 1. The van der Waals surface area contributed by atoms with Crippen LogP contribution in [0.4, 0.5) is 4.79 Å². The third kappa shape index (κ3) is 7.61. The van der Waals surface area contributed by atoms with Gasteiger partial charge in [-0.2, -0.15) is 0 Å². The van der Waals surface area contributed by atoms with Gasteiger partial charge in [-0.15, -0.1) is 0 Å². The van der Waals surface area contributed by atoms with Gasteiger partial charge in [0.2, 0.25) is 0 Å². The van der Waals surface area contributed by atoms with Crippen LogP contribution in [-0.2, 0) is 32.1 Å². The van der Waals surface area contributed by atoms with E-state index in [0.717, 1.165) is 11.1 Å². The molecule has 6 heteroatoms. The van der Waals surface area contributed by atoms with Crippen LogP contribution < -0.4 is 5.32 Å². The van der Waals surface area contributed by atoms with E-state index >= 15 is 0 Å². The van der Waals surface area contributed by atoms with E-state index in [1.54, 1.807) is 6.92 Å². The van der Waals surface area contributed by atoms with Crippen molar-refractivity contribution >= 4 is 17.8 Å². The fourth-order valence-electron chi connectivity index (χ4n) is 2.63. The third-order valence-electron chi connectivity index (χ3n) is 4.06. The molecule has 0 aliphatic rings. The lowest BCUT2D eigenvalue weighted by Gasteiger charge is -2.18. The maximum Gasteiger partial charge on any atom is 0.408 e. The standard InChI is InChI=1S/C22H25NO5/c1-2-27-21(25)14-13-20(24)19(15-17-9-5-3-6-10-17)23-22(26)28-16-18-11-7-4-8-12-18/h3-12,19H,2,13-16H2,1H3,(H,23,26)/t19-/m0/s1. The smallest absolute Gasteiger partial charge is 0.408 e. The summed E-state index contributed by atoms with van der Waals surface area (Å²) in [6.07, 6.45) is -0.369. The Labute approximate surface area is 164 Å². The average Bonchev–Trinajstić information content (AvgIpc) is 2.72. The van der Waals surface area contributed by atoms with Crippen molar-refractivity contribution in [3.8, 4) is 0 Å². The largest absolute Gasteiger partial charge is 0.466 e. The highest BCUT2D eigenvalue weighted by Crippen LogP contribution is 2.08. The predicted molar refractivity (Wildman–Crippen MR) is 105 cm³/mol. The first kappa shape index (κ1) is 21.2. The van der Waals surface area contributed by atoms with Gasteiger partial charge in [-0.05, 0) is 24.5 Å². The van der Waals surface area contributed by atoms with Crippen molar-refractivity contribution in [3.05, 3.63) is 71.8 Å². The van der Waals surface area contributed by atoms with E-state index in [0.29, 0.717) is 6.42 Å². The lowest BCUT2D eigenvalue weighted by Crippen LogP contribution is -2.42. The van der Waals surface area contributed by atoms with E-state index in [9.17, 15) is 14.4 Å². The molecule has 2 rings (SSSR count). The van der Waals surface area contributed by atoms with Crippen LogP contribution >= 0.6 is 0 Å². The zero-order valence-corrected chi connectivity index (χ0v) is 15.9. The number of ketones is 1. The molecule has 1 atom stereocenters. The summed E-state index contributed by atoms with van der Waals surface area (Å²) in [6.45, 7) is 2.09. The second-order valence-corrected chi connectivity index (χ2v) is 6.22. The molecule has 0 spiro atoms. The SMILES string of the molecule is CCOC(=O)CCC(=O)[C@H](Cc1ccccc1)NC(=O)OCc1ccccc1. The molecular weight excluding hydrogens is 358 g/mol. The molecule has 2 aromatic rings. The molecule has 1 amide bonds. The Bertz CT molecular complexity index is 761. The monoisotopic (exact) mass is 383 g/mol. The van der Waals surface area contributed by atoms with Crippen molar-refractivity contribution in [2.75, 3.05) is 6.61 Å². The number of carbonyl (C=O) groups is 3. The van der Waals surface area contributed by atoms with Crippen molar-refractivity contribution in [1.82, 2.24) is 5.32 Å². The minimum absolute atomic E-state index is 0.00466. The number of alkyl carbamates (subject to hydrolysis) is 1. The summed E-state index contributed by atoms with van der Waals surface area (Å²) in [6, 6.07) is 17.9. The number of ether oxygens (including phenoxy) is 2. The Morgan fingerprint density at radius 3 is 2.07 bits per heavy atom. The molecule has 0 radical (unpaired) electrons. The molecule has 1 N–H and O–H groups in total. The summed E-state index contributed by atoms with van der Waals surface area (Å²) in [5.41, 5.74) is 1.76. The van der Waals surface area contributed by atoms with Gasteiger partial charge in [0.15, 0.2) is 5.78 Å². The Kier molecular flexibility index (Phi) is 8.72. The number of carbonyl (C=O) groups excluding carboxylic acids is 3. The highest BCUT2D eigenvalue weighted by atomic mass is 16.5. The van der Waals surface area contributed by atoms with Crippen molar-refractivity contribution in [2.45, 2.75) is 38.8 Å². The molecule has 2 aromatic carbocycles. The predicted octanol–water partition coefficient (Wildman–Crippen LogP) is 3.44. The van der Waals surface area contributed by atoms with Gasteiger partial charge in [-0.1, -0.05) is 60.7 Å². The second-order valence-electron chi connectivity index (χ2n) is 6.22. The summed E-state index contributed by atoms with van der Waals surface area (Å²) in [7, 11) is 0. The normalized spacial score (nSPS) is 11.3. The number of Topliss-reactive ketones (excluding diaryl/α,β-unsaturated/α-hetero) is 1. The topological polar surface area (TPSA) is 81.7 Å². The van der Waals surface area contributed by atoms with Crippen molar-refractivity contribution in [3.63, 3.8) is 0 Å². The highest BCUT2D eigenvalue weighted by molar-refractivity contribution is 5.89. The number of esters is 1. The van der Waals surface area contributed by atoms with Crippen LogP contribution in [0.1, 0.15) is 30.9 Å². The van der Waals surface area contributed by atoms with Crippen molar-refractivity contribution in [2.24, 2.45) is 0 Å². The quantitative estimate of drug-likeness (QED) is 0.636. The van der Waals surface area contributed by atoms with E-state index < -0.39 is 18.1 Å². The zero-order chi connectivity index (χ0) is 20.2. The first-order chi connectivity index (χ1) is 13.6. The molecule has 0 unspecified atom stereocenters. The van der Waals surface area contributed by atoms with Crippen LogP contribution in [0.15, 0.2) is 60.7 Å². The lowest BCUT2D eigenvalue weighted by atomic mass is 10.00. The van der Waals surface area contributed by atoms with Gasteiger partial charge in [-0.3, -0.25) is 9.59 Å². The van der Waals surface area contributed by atoms with E-state index in [2.05, 4.69) is 5.32 Å². The van der Waals surface area contributed by atoms with E-state index in [1.807, 2.05) is 60.7 Å². The van der Waals surface area contributed by atoms with Gasteiger partial charge in [0.25, 0.3) is 0 Å². The molecule has 0 bridgehead atoms. The molecule has 0 saturated carbocycles. The summed E-state index contributed by atoms with van der Waals surface area (Å²) < 4.78 is 10.1. The maximum atomic E-state index is 12.6. The van der Waals surface area contributed by atoms with Gasteiger partial charge < -0.3 is 14.8 Å². The first-order valence-electron chi connectivity index (χ1n) is 9.28. The lowest BCUT2D eigenvalue weighted by molar-refractivity contribution is -0.144. The summed E-state index contributed by atoms with van der Waals surface area (Å²) in [4.78, 5) is 36.3.